The van der Waals surface area contributed by atoms with Gasteiger partial charge in [0, 0.05) is 25.2 Å². The summed E-state index contributed by atoms with van der Waals surface area (Å²) in [6.45, 7) is 1.40. The van der Waals surface area contributed by atoms with E-state index in [-0.39, 0.29) is 24.2 Å². The van der Waals surface area contributed by atoms with Crippen LogP contribution >= 0.6 is 11.8 Å². The number of hydrogen-bond donors (Lipinski definition) is 1. The van der Waals surface area contributed by atoms with Crippen molar-refractivity contribution in [3.63, 3.8) is 0 Å². The van der Waals surface area contributed by atoms with E-state index in [0.29, 0.717) is 24.5 Å². The summed E-state index contributed by atoms with van der Waals surface area (Å²) in [7, 11) is 1.44. The molecule has 0 aliphatic carbocycles. The van der Waals surface area contributed by atoms with Crippen molar-refractivity contribution in [3.8, 4) is 5.75 Å². The van der Waals surface area contributed by atoms with Crippen LogP contribution in [-0.2, 0) is 28.2 Å². The van der Waals surface area contributed by atoms with E-state index in [4.69, 9.17) is 15.2 Å². The number of ether oxygens (including phenoxy) is 2. The number of primary amides is 1. The fraction of sp³-hybridized carbons (Fsp3) is 0.500. The Bertz CT molecular complexity index is 793. The number of thioether (sulfide) groups is 1. The van der Waals surface area contributed by atoms with Crippen LogP contribution in [0, 0.1) is 5.82 Å². The molecule has 1 aromatic heterocycles. The third-order valence-corrected chi connectivity index (χ3v) is 5.42. The molecular weight excluding hydrogens is 371 g/mol. The molecule has 1 aromatic carbocycles. The second-order valence-electron chi connectivity index (χ2n) is 6.37. The van der Waals surface area contributed by atoms with Crippen LogP contribution in [0.3, 0.4) is 0 Å². The lowest BCUT2D eigenvalue weighted by atomic mass is 10.2. The van der Waals surface area contributed by atoms with Crippen molar-refractivity contribution in [2.75, 3.05) is 13.7 Å². The van der Waals surface area contributed by atoms with Gasteiger partial charge in [-0.15, -0.1) is 10.2 Å². The van der Waals surface area contributed by atoms with E-state index < -0.39 is 5.82 Å². The van der Waals surface area contributed by atoms with Gasteiger partial charge in [-0.2, -0.15) is 0 Å². The van der Waals surface area contributed by atoms with Crippen molar-refractivity contribution < 1.29 is 18.7 Å². The third-order valence-electron chi connectivity index (χ3n) is 4.38. The summed E-state index contributed by atoms with van der Waals surface area (Å²) >= 11 is 1.47. The van der Waals surface area contributed by atoms with Crippen molar-refractivity contribution in [2.45, 2.75) is 49.2 Å². The van der Waals surface area contributed by atoms with Gasteiger partial charge < -0.3 is 19.8 Å². The minimum absolute atomic E-state index is 0.117. The minimum Gasteiger partial charge on any atom is -0.494 e. The average molecular weight is 394 g/mol. The fourth-order valence-electron chi connectivity index (χ4n) is 2.97. The van der Waals surface area contributed by atoms with E-state index in [0.717, 1.165) is 30.2 Å². The number of halogens is 1. The van der Waals surface area contributed by atoms with E-state index in [1.807, 2.05) is 10.6 Å². The number of aromatic nitrogens is 3. The Morgan fingerprint density at radius 1 is 1.48 bits per heavy atom. The largest absolute Gasteiger partial charge is 0.494 e. The highest BCUT2D eigenvalue weighted by Crippen LogP contribution is 2.26. The van der Waals surface area contributed by atoms with Crippen LogP contribution in [0.4, 0.5) is 4.39 Å². The molecule has 2 aromatic rings. The van der Waals surface area contributed by atoms with Crippen LogP contribution in [0.25, 0.3) is 0 Å². The lowest BCUT2D eigenvalue weighted by molar-refractivity contribution is -0.118. The van der Waals surface area contributed by atoms with Gasteiger partial charge in [-0.3, -0.25) is 4.79 Å². The van der Waals surface area contributed by atoms with Crippen molar-refractivity contribution in [1.82, 2.24) is 14.8 Å². The summed E-state index contributed by atoms with van der Waals surface area (Å²) < 4.78 is 26.5. The summed E-state index contributed by atoms with van der Waals surface area (Å²) in [5.41, 5.74) is 6.08. The predicted molar refractivity (Wildman–Crippen MR) is 99.0 cm³/mol. The zero-order chi connectivity index (χ0) is 19.2. The monoisotopic (exact) mass is 394 g/mol. The van der Waals surface area contributed by atoms with Crippen LogP contribution in [0.2, 0.25) is 0 Å². The van der Waals surface area contributed by atoms with Gasteiger partial charge in [-0.25, -0.2) is 4.39 Å². The van der Waals surface area contributed by atoms with Crippen molar-refractivity contribution in [3.05, 3.63) is 35.4 Å². The normalized spacial score (nSPS) is 16.6. The third kappa shape index (κ3) is 5.20. The first-order valence-corrected chi connectivity index (χ1v) is 9.82. The topological polar surface area (TPSA) is 92.3 Å². The number of rotatable bonds is 9. The molecule has 0 saturated carbocycles. The molecule has 2 heterocycles. The second-order valence-corrected chi connectivity index (χ2v) is 7.31. The van der Waals surface area contributed by atoms with Crippen LogP contribution < -0.4 is 10.5 Å². The number of amides is 1. The first kappa shape index (κ1) is 19.6. The molecule has 7 nitrogen and oxygen atoms in total. The van der Waals surface area contributed by atoms with Gasteiger partial charge in [-0.1, -0.05) is 17.8 Å². The zero-order valence-electron chi connectivity index (χ0n) is 15.2. The van der Waals surface area contributed by atoms with Gasteiger partial charge in [0.2, 0.25) is 5.91 Å². The van der Waals surface area contributed by atoms with Crippen LogP contribution in [0.15, 0.2) is 23.4 Å². The summed E-state index contributed by atoms with van der Waals surface area (Å²) in [5, 5.41) is 9.20. The summed E-state index contributed by atoms with van der Waals surface area (Å²) in [5.74, 6) is 0.718. The molecule has 1 aliphatic rings. The highest BCUT2D eigenvalue weighted by Gasteiger charge is 2.21. The first-order chi connectivity index (χ1) is 13.1. The molecule has 0 spiro atoms. The molecule has 1 saturated heterocycles. The van der Waals surface area contributed by atoms with Crippen molar-refractivity contribution in [2.24, 2.45) is 5.73 Å². The maximum absolute atomic E-state index is 13.9. The van der Waals surface area contributed by atoms with Crippen molar-refractivity contribution in [1.29, 1.82) is 0 Å². The SMILES string of the molecule is COc1ccc(CSc2nnc(CCC(N)=O)n2CC2CCCO2)cc1F. The number of aryl methyl sites for hydroxylation is 1. The molecule has 27 heavy (non-hydrogen) atoms. The number of nitrogens with zero attached hydrogens (tertiary/aromatic N) is 3. The summed E-state index contributed by atoms with van der Waals surface area (Å²) in [6, 6.07) is 4.89. The van der Waals surface area contributed by atoms with E-state index in [2.05, 4.69) is 10.2 Å². The standard InChI is InChI=1S/C18H23FN4O3S/c1-25-15-5-4-12(9-14(15)19)11-27-18-22-21-17(7-6-16(20)24)23(18)10-13-3-2-8-26-13/h4-5,9,13H,2-3,6-8,10-11H2,1H3,(H2,20,24). The molecule has 146 valence electrons. The Labute approximate surface area is 161 Å². The maximum atomic E-state index is 13.9. The van der Waals surface area contributed by atoms with Gasteiger partial charge in [0.15, 0.2) is 16.7 Å². The Balaban J connectivity index is 1.72. The van der Waals surface area contributed by atoms with E-state index >= 15 is 0 Å². The molecule has 9 heteroatoms. The molecule has 1 atom stereocenters. The number of nitrogens with two attached hydrogens (primary N) is 1. The molecule has 0 radical (unpaired) electrons. The van der Waals surface area contributed by atoms with Crippen LogP contribution in [0.1, 0.15) is 30.7 Å². The first-order valence-electron chi connectivity index (χ1n) is 8.84. The number of benzene rings is 1. The quantitative estimate of drug-likeness (QED) is 0.656. The molecular formula is C18H23FN4O3S. The van der Waals surface area contributed by atoms with Crippen LogP contribution in [-0.4, -0.2) is 40.5 Å². The highest BCUT2D eigenvalue weighted by molar-refractivity contribution is 7.98. The van der Waals surface area contributed by atoms with Gasteiger partial charge >= 0.3 is 0 Å². The number of hydrogen-bond acceptors (Lipinski definition) is 6. The summed E-state index contributed by atoms with van der Waals surface area (Å²) in [4.78, 5) is 11.1. The second kappa shape index (κ2) is 9.18. The number of carbonyl (C=O) groups excluding carboxylic acids is 1. The average Bonchev–Trinajstić information content (AvgIpc) is 3.29. The molecule has 1 aliphatic heterocycles. The van der Waals surface area contributed by atoms with Gasteiger partial charge in [-0.05, 0) is 30.5 Å². The van der Waals surface area contributed by atoms with Crippen LogP contribution in [0.5, 0.6) is 5.75 Å². The molecule has 0 bridgehead atoms. The smallest absolute Gasteiger partial charge is 0.217 e. The number of carbonyl (C=O) groups is 1. The maximum Gasteiger partial charge on any atom is 0.217 e. The Kier molecular flexibility index (Phi) is 6.68. The van der Waals surface area contributed by atoms with Crippen molar-refractivity contribution >= 4 is 17.7 Å². The predicted octanol–water partition coefficient (Wildman–Crippen LogP) is 2.32. The lowest BCUT2D eigenvalue weighted by Crippen LogP contribution is -2.19. The zero-order valence-corrected chi connectivity index (χ0v) is 16.0. The Hall–Kier alpha value is -2.13. The van der Waals surface area contributed by atoms with E-state index in [9.17, 15) is 9.18 Å². The number of methoxy groups -OCH3 is 1. The fourth-order valence-corrected chi connectivity index (χ4v) is 3.88. The minimum atomic E-state index is -0.390. The van der Waals surface area contributed by atoms with E-state index in [1.165, 1.54) is 24.9 Å². The molecule has 3 rings (SSSR count). The highest BCUT2D eigenvalue weighted by atomic mass is 32.2. The van der Waals surface area contributed by atoms with Gasteiger partial charge in [0.1, 0.15) is 5.82 Å². The van der Waals surface area contributed by atoms with Gasteiger partial charge in [0.25, 0.3) is 0 Å². The molecule has 1 unspecified atom stereocenters. The molecule has 1 fully saturated rings. The molecule has 1 amide bonds. The van der Waals surface area contributed by atoms with Gasteiger partial charge in [0.05, 0.1) is 19.8 Å². The Morgan fingerprint density at radius 2 is 2.33 bits per heavy atom. The lowest BCUT2D eigenvalue weighted by Gasteiger charge is -2.14. The summed E-state index contributed by atoms with van der Waals surface area (Å²) in [6.07, 6.45) is 2.80. The Morgan fingerprint density at radius 3 is 3.00 bits per heavy atom. The molecule has 2 N–H and O–H groups in total. The van der Waals surface area contributed by atoms with E-state index in [1.54, 1.807) is 6.07 Å².